The largest absolute Gasteiger partial charge is 0.347 e. The molecule has 0 amide bonds. The van der Waals surface area contributed by atoms with Crippen LogP contribution in [-0.4, -0.2) is 30.1 Å². The van der Waals surface area contributed by atoms with Crippen LogP contribution >= 0.6 is 0 Å². The second kappa shape index (κ2) is 5.80. The summed E-state index contributed by atoms with van der Waals surface area (Å²) in [5.74, 6) is 1.29. The maximum absolute atomic E-state index is 5.52. The Morgan fingerprint density at radius 3 is 2.92 bits per heavy atom. The summed E-state index contributed by atoms with van der Waals surface area (Å²) >= 11 is 0. The summed E-state index contributed by atoms with van der Waals surface area (Å²) in [5.41, 5.74) is 3.65. The van der Waals surface area contributed by atoms with E-state index in [0.717, 1.165) is 23.1 Å². The van der Waals surface area contributed by atoms with E-state index in [1.807, 2.05) is 30.3 Å². The lowest BCUT2D eigenvalue weighted by atomic mass is 10.1. The number of nitrogens with one attached hydrogen (secondary N) is 1. The van der Waals surface area contributed by atoms with Crippen molar-refractivity contribution in [3.05, 3.63) is 60.6 Å². The number of aromatic nitrogens is 6. The summed E-state index contributed by atoms with van der Waals surface area (Å²) in [6, 6.07) is 16.2. The molecule has 0 saturated heterocycles. The van der Waals surface area contributed by atoms with Gasteiger partial charge in [0.2, 0.25) is 11.7 Å². The zero-order valence-electron chi connectivity index (χ0n) is 14.1. The molecule has 3 aromatic heterocycles. The number of rotatable bonds is 4. The number of H-pyrrole nitrogens is 1. The molecule has 0 bridgehead atoms. The van der Waals surface area contributed by atoms with E-state index in [1.165, 1.54) is 10.9 Å². The highest BCUT2D eigenvalue weighted by atomic mass is 16.5. The molecule has 2 aromatic carbocycles. The fourth-order valence-corrected chi connectivity index (χ4v) is 3.20. The van der Waals surface area contributed by atoms with E-state index in [4.69, 9.17) is 4.52 Å². The van der Waals surface area contributed by atoms with Gasteiger partial charge in [-0.05, 0) is 35.7 Å². The summed E-state index contributed by atoms with van der Waals surface area (Å²) in [6.45, 7) is 2.87. The molecule has 0 fully saturated rings. The lowest BCUT2D eigenvalue weighted by Gasteiger charge is -2.09. The lowest BCUT2D eigenvalue weighted by Crippen LogP contribution is -2.05. The summed E-state index contributed by atoms with van der Waals surface area (Å²) in [4.78, 5) is 4.58. The van der Waals surface area contributed by atoms with Gasteiger partial charge in [-0.15, -0.1) is 0 Å². The van der Waals surface area contributed by atoms with E-state index in [0.29, 0.717) is 11.7 Å². The predicted octanol–water partition coefficient (Wildman–Crippen LogP) is 3.77. The number of nitrogens with zero attached hydrogens (tertiary/aromatic N) is 5. The third-order valence-electron chi connectivity index (χ3n) is 4.59. The minimum atomic E-state index is 0.0998. The molecule has 0 unspecified atom stereocenters. The fourth-order valence-electron chi connectivity index (χ4n) is 3.20. The van der Waals surface area contributed by atoms with Gasteiger partial charge in [0.1, 0.15) is 11.0 Å². The van der Waals surface area contributed by atoms with Crippen LogP contribution in [0.2, 0.25) is 0 Å². The van der Waals surface area contributed by atoms with Crippen LogP contribution in [0.1, 0.15) is 18.7 Å². The number of fused-ring (bicyclic) bond motifs is 2. The molecule has 5 aromatic rings. The number of benzene rings is 2. The van der Waals surface area contributed by atoms with Gasteiger partial charge in [0, 0.05) is 23.8 Å². The van der Waals surface area contributed by atoms with Crippen LogP contribution in [0, 0.1) is 0 Å². The van der Waals surface area contributed by atoms with Crippen LogP contribution < -0.4 is 0 Å². The molecule has 5 rings (SSSR count). The van der Waals surface area contributed by atoms with Gasteiger partial charge in [0.15, 0.2) is 0 Å². The SMILES string of the molecule is C[C@H](Cn1ccc2ccccc21)c1nc(-c2ccc3n[nH]nc3c2)no1. The number of hydrogen-bond donors (Lipinski definition) is 1. The Hall–Kier alpha value is -3.48. The van der Waals surface area contributed by atoms with Gasteiger partial charge in [-0.25, -0.2) is 0 Å². The van der Waals surface area contributed by atoms with Crippen molar-refractivity contribution in [1.82, 2.24) is 30.1 Å². The Bertz CT molecular complexity index is 1200. The topological polar surface area (TPSA) is 85.4 Å². The van der Waals surface area contributed by atoms with E-state index in [-0.39, 0.29) is 5.92 Å². The first-order chi connectivity index (χ1) is 12.8. The molecule has 3 heterocycles. The zero-order valence-corrected chi connectivity index (χ0v) is 14.1. The Labute approximate surface area is 148 Å². The van der Waals surface area contributed by atoms with Crippen molar-refractivity contribution < 1.29 is 4.52 Å². The minimum absolute atomic E-state index is 0.0998. The highest BCUT2D eigenvalue weighted by Gasteiger charge is 2.17. The number of aromatic amines is 1. The van der Waals surface area contributed by atoms with Gasteiger partial charge >= 0.3 is 0 Å². The Morgan fingerprint density at radius 2 is 1.96 bits per heavy atom. The first-order valence-corrected chi connectivity index (χ1v) is 8.46. The molecule has 0 aliphatic heterocycles. The molecule has 0 spiro atoms. The normalized spacial score (nSPS) is 12.8. The number of para-hydroxylation sites is 1. The molecule has 1 N–H and O–H groups in total. The Kier molecular flexibility index (Phi) is 3.31. The second-order valence-electron chi connectivity index (χ2n) is 6.41. The van der Waals surface area contributed by atoms with Crippen LogP contribution in [0.25, 0.3) is 33.3 Å². The quantitative estimate of drug-likeness (QED) is 0.536. The summed E-state index contributed by atoms with van der Waals surface area (Å²) in [7, 11) is 0. The van der Waals surface area contributed by atoms with Crippen molar-refractivity contribution in [1.29, 1.82) is 0 Å². The van der Waals surface area contributed by atoms with E-state index >= 15 is 0 Å². The van der Waals surface area contributed by atoms with Crippen LogP contribution in [0.3, 0.4) is 0 Å². The molecule has 0 aliphatic rings. The Balaban J connectivity index is 1.42. The van der Waals surface area contributed by atoms with E-state index < -0.39 is 0 Å². The molecule has 1 atom stereocenters. The molecule has 7 nitrogen and oxygen atoms in total. The summed E-state index contributed by atoms with van der Waals surface area (Å²) in [6.07, 6.45) is 2.09. The monoisotopic (exact) mass is 344 g/mol. The van der Waals surface area contributed by atoms with Crippen molar-refractivity contribution >= 4 is 21.9 Å². The van der Waals surface area contributed by atoms with Crippen molar-refractivity contribution in [3.8, 4) is 11.4 Å². The average molecular weight is 344 g/mol. The van der Waals surface area contributed by atoms with Crippen molar-refractivity contribution in [2.45, 2.75) is 19.4 Å². The molecule has 7 heteroatoms. The molecule has 26 heavy (non-hydrogen) atoms. The van der Waals surface area contributed by atoms with Gasteiger partial charge < -0.3 is 9.09 Å². The lowest BCUT2D eigenvalue weighted by molar-refractivity contribution is 0.348. The van der Waals surface area contributed by atoms with Crippen LogP contribution in [0.15, 0.2) is 59.3 Å². The minimum Gasteiger partial charge on any atom is -0.347 e. The molecule has 128 valence electrons. The molecule has 0 radical (unpaired) electrons. The van der Waals surface area contributed by atoms with E-state index in [2.05, 4.69) is 61.4 Å². The average Bonchev–Trinajstić information content (AvgIpc) is 3.40. The van der Waals surface area contributed by atoms with Crippen LogP contribution in [-0.2, 0) is 6.54 Å². The summed E-state index contributed by atoms with van der Waals surface area (Å²) < 4.78 is 7.73. The maximum Gasteiger partial charge on any atom is 0.231 e. The van der Waals surface area contributed by atoms with E-state index in [9.17, 15) is 0 Å². The highest BCUT2D eigenvalue weighted by molar-refractivity contribution is 5.80. The van der Waals surface area contributed by atoms with Gasteiger partial charge in [0.25, 0.3) is 0 Å². The third-order valence-corrected chi connectivity index (χ3v) is 4.59. The van der Waals surface area contributed by atoms with E-state index in [1.54, 1.807) is 0 Å². The number of hydrogen-bond acceptors (Lipinski definition) is 5. The zero-order chi connectivity index (χ0) is 17.5. The van der Waals surface area contributed by atoms with Crippen molar-refractivity contribution in [2.75, 3.05) is 0 Å². The standard InChI is InChI=1S/C19H16N6O/c1-12(11-25-9-8-13-4-2-3-5-17(13)25)19-20-18(23-26-19)14-6-7-15-16(10-14)22-24-21-15/h2-10,12H,11H2,1H3,(H,21,22,24)/t12-/m1/s1. The van der Waals surface area contributed by atoms with Gasteiger partial charge in [0.05, 0.1) is 5.92 Å². The molecular formula is C19H16N6O. The van der Waals surface area contributed by atoms with Gasteiger partial charge in [-0.1, -0.05) is 30.3 Å². The van der Waals surface area contributed by atoms with Crippen molar-refractivity contribution in [2.24, 2.45) is 0 Å². The fraction of sp³-hybridized carbons (Fsp3) is 0.158. The van der Waals surface area contributed by atoms with Crippen LogP contribution in [0.4, 0.5) is 0 Å². The predicted molar refractivity (Wildman–Crippen MR) is 97.5 cm³/mol. The maximum atomic E-state index is 5.52. The molecule has 0 aliphatic carbocycles. The second-order valence-corrected chi connectivity index (χ2v) is 6.41. The first-order valence-electron chi connectivity index (χ1n) is 8.46. The Morgan fingerprint density at radius 1 is 1.08 bits per heavy atom. The highest BCUT2D eigenvalue weighted by Crippen LogP contribution is 2.24. The summed E-state index contributed by atoms with van der Waals surface area (Å²) in [5, 5.41) is 16.1. The third kappa shape index (κ3) is 2.45. The smallest absolute Gasteiger partial charge is 0.231 e. The molecule has 0 saturated carbocycles. The molecular weight excluding hydrogens is 328 g/mol. The van der Waals surface area contributed by atoms with Crippen LogP contribution in [0.5, 0.6) is 0 Å². The van der Waals surface area contributed by atoms with Crippen molar-refractivity contribution in [3.63, 3.8) is 0 Å². The van der Waals surface area contributed by atoms with Gasteiger partial charge in [-0.3, -0.25) is 0 Å². The van der Waals surface area contributed by atoms with Gasteiger partial charge in [-0.2, -0.15) is 20.4 Å². The first kappa shape index (κ1) is 14.8.